The number of hydrogen-bond donors (Lipinski definition) is 2. The molecule has 0 aliphatic carbocycles. The molecule has 19 heavy (non-hydrogen) atoms. The predicted molar refractivity (Wildman–Crippen MR) is 67.9 cm³/mol. The molecular weight excluding hydrogens is 248 g/mol. The molecule has 102 valence electrons. The van der Waals surface area contributed by atoms with Crippen LogP contribution in [0.2, 0.25) is 0 Å². The van der Waals surface area contributed by atoms with Crippen molar-refractivity contribution in [2.75, 3.05) is 13.7 Å². The number of hydrogen-bond acceptors (Lipinski definition) is 3. The highest BCUT2D eigenvalue weighted by Gasteiger charge is 2.23. The van der Waals surface area contributed by atoms with Crippen LogP contribution in [-0.2, 0) is 17.9 Å². The Bertz CT molecular complexity index is 501. The Labute approximate surface area is 111 Å². The van der Waals surface area contributed by atoms with Gasteiger partial charge in [0.15, 0.2) is 0 Å². The standard InChI is InChI=1S/C13H16N2O4/c1-19-11-3-2-9-7-15(8-10(9)6-11)13(18)14-5-4-12(16)17/h2-3,6H,4-5,7-8H2,1H3,(H,14,18)(H,16,17). The zero-order valence-electron chi connectivity index (χ0n) is 10.7. The molecule has 0 unspecified atom stereocenters. The van der Waals surface area contributed by atoms with Crippen molar-refractivity contribution in [3.63, 3.8) is 0 Å². The summed E-state index contributed by atoms with van der Waals surface area (Å²) in [5, 5.41) is 11.1. The van der Waals surface area contributed by atoms with Crippen LogP contribution in [0.25, 0.3) is 0 Å². The minimum atomic E-state index is -0.922. The number of rotatable bonds is 4. The first-order chi connectivity index (χ1) is 9.10. The van der Waals surface area contributed by atoms with E-state index in [-0.39, 0.29) is 19.0 Å². The van der Waals surface area contributed by atoms with E-state index in [1.165, 1.54) is 0 Å². The van der Waals surface area contributed by atoms with Crippen molar-refractivity contribution in [2.45, 2.75) is 19.5 Å². The zero-order valence-corrected chi connectivity index (χ0v) is 10.7. The van der Waals surface area contributed by atoms with E-state index in [0.29, 0.717) is 13.1 Å². The number of methoxy groups -OCH3 is 1. The quantitative estimate of drug-likeness (QED) is 0.856. The van der Waals surface area contributed by atoms with E-state index in [0.717, 1.165) is 16.9 Å². The molecule has 1 aliphatic heterocycles. The molecule has 0 bridgehead atoms. The van der Waals surface area contributed by atoms with Gasteiger partial charge in [0, 0.05) is 19.6 Å². The summed E-state index contributed by atoms with van der Waals surface area (Å²) in [6.45, 7) is 1.20. The second-order valence-corrected chi connectivity index (χ2v) is 4.37. The van der Waals surface area contributed by atoms with E-state index in [1.54, 1.807) is 12.0 Å². The second kappa shape index (κ2) is 5.60. The molecule has 6 heteroatoms. The molecule has 6 nitrogen and oxygen atoms in total. The van der Waals surface area contributed by atoms with Gasteiger partial charge in [-0.1, -0.05) is 6.07 Å². The summed E-state index contributed by atoms with van der Waals surface area (Å²) in [6.07, 6.45) is -0.0691. The van der Waals surface area contributed by atoms with Gasteiger partial charge in [0.25, 0.3) is 0 Å². The van der Waals surface area contributed by atoms with Gasteiger partial charge in [-0.25, -0.2) is 4.79 Å². The lowest BCUT2D eigenvalue weighted by Gasteiger charge is -2.15. The minimum absolute atomic E-state index is 0.0691. The first-order valence-electron chi connectivity index (χ1n) is 6.00. The summed E-state index contributed by atoms with van der Waals surface area (Å²) in [5.41, 5.74) is 2.15. The summed E-state index contributed by atoms with van der Waals surface area (Å²) >= 11 is 0. The maximum atomic E-state index is 11.8. The van der Waals surface area contributed by atoms with Crippen LogP contribution >= 0.6 is 0 Å². The largest absolute Gasteiger partial charge is 0.497 e. The molecule has 2 N–H and O–H groups in total. The minimum Gasteiger partial charge on any atom is -0.497 e. The highest BCUT2D eigenvalue weighted by atomic mass is 16.5. The normalized spacial score (nSPS) is 13.0. The van der Waals surface area contributed by atoms with E-state index >= 15 is 0 Å². The number of urea groups is 1. The maximum absolute atomic E-state index is 11.8. The van der Waals surface area contributed by atoms with Crippen molar-refractivity contribution in [1.82, 2.24) is 10.2 Å². The number of benzene rings is 1. The first-order valence-corrected chi connectivity index (χ1v) is 6.00. The number of aliphatic carboxylic acids is 1. The van der Waals surface area contributed by atoms with Crippen molar-refractivity contribution in [1.29, 1.82) is 0 Å². The molecule has 0 fully saturated rings. The molecule has 0 aromatic heterocycles. The highest BCUT2D eigenvalue weighted by Crippen LogP contribution is 2.26. The van der Waals surface area contributed by atoms with Gasteiger partial charge in [0.2, 0.25) is 0 Å². The Morgan fingerprint density at radius 2 is 2.11 bits per heavy atom. The number of carbonyl (C=O) groups excluding carboxylic acids is 1. The number of carboxylic acid groups (broad SMARTS) is 1. The molecule has 1 heterocycles. The van der Waals surface area contributed by atoms with Crippen LogP contribution in [0.1, 0.15) is 17.5 Å². The Morgan fingerprint density at radius 3 is 2.79 bits per heavy atom. The molecular formula is C13H16N2O4. The number of amides is 2. The summed E-state index contributed by atoms with van der Waals surface area (Å²) in [5.74, 6) is -0.151. The highest BCUT2D eigenvalue weighted by molar-refractivity contribution is 5.76. The maximum Gasteiger partial charge on any atom is 0.318 e. The fourth-order valence-electron chi connectivity index (χ4n) is 2.03. The molecule has 0 radical (unpaired) electrons. The lowest BCUT2D eigenvalue weighted by Crippen LogP contribution is -2.37. The van der Waals surface area contributed by atoms with Gasteiger partial charge in [-0.3, -0.25) is 4.79 Å². The van der Waals surface area contributed by atoms with E-state index in [1.807, 2.05) is 18.2 Å². The van der Waals surface area contributed by atoms with Gasteiger partial charge in [-0.15, -0.1) is 0 Å². The number of fused-ring (bicyclic) bond motifs is 1. The molecule has 0 saturated heterocycles. The van der Waals surface area contributed by atoms with E-state index in [9.17, 15) is 9.59 Å². The molecule has 1 aliphatic rings. The molecule has 0 atom stereocenters. The molecule has 0 saturated carbocycles. The van der Waals surface area contributed by atoms with Crippen molar-refractivity contribution in [2.24, 2.45) is 0 Å². The van der Waals surface area contributed by atoms with E-state index < -0.39 is 5.97 Å². The SMILES string of the molecule is COc1ccc2c(c1)CN(C(=O)NCCC(=O)O)C2. The van der Waals surface area contributed by atoms with Crippen LogP contribution in [0, 0.1) is 0 Å². The monoisotopic (exact) mass is 264 g/mol. The van der Waals surface area contributed by atoms with Crippen LogP contribution in [0.3, 0.4) is 0 Å². The first kappa shape index (κ1) is 13.2. The summed E-state index contributed by atoms with van der Waals surface area (Å²) in [6, 6.07) is 5.49. The van der Waals surface area contributed by atoms with Crippen LogP contribution in [0.5, 0.6) is 5.75 Å². The molecule has 2 rings (SSSR count). The lowest BCUT2D eigenvalue weighted by atomic mass is 10.1. The van der Waals surface area contributed by atoms with Crippen LogP contribution in [0.15, 0.2) is 18.2 Å². The number of nitrogens with one attached hydrogen (secondary N) is 1. The van der Waals surface area contributed by atoms with Gasteiger partial charge < -0.3 is 20.1 Å². The Morgan fingerprint density at radius 1 is 1.37 bits per heavy atom. The molecule has 1 aromatic carbocycles. The zero-order chi connectivity index (χ0) is 13.8. The van der Waals surface area contributed by atoms with Gasteiger partial charge in [0.05, 0.1) is 13.5 Å². The second-order valence-electron chi connectivity index (χ2n) is 4.37. The van der Waals surface area contributed by atoms with Crippen LogP contribution in [-0.4, -0.2) is 35.7 Å². The third-order valence-electron chi connectivity index (χ3n) is 3.04. The average molecular weight is 264 g/mol. The van der Waals surface area contributed by atoms with Gasteiger partial charge in [-0.2, -0.15) is 0 Å². The number of carboxylic acids is 1. The van der Waals surface area contributed by atoms with Crippen molar-refractivity contribution >= 4 is 12.0 Å². The Balaban J connectivity index is 1.92. The van der Waals surface area contributed by atoms with Crippen LogP contribution in [0.4, 0.5) is 4.79 Å². The van der Waals surface area contributed by atoms with E-state index in [4.69, 9.17) is 9.84 Å². The van der Waals surface area contributed by atoms with Gasteiger partial charge in [-0.05, 0) is 23.3 Å². The Kier molecular flexibility index (Phi) is 3.89. The molecule has 1 aromatic rings. The lowest BCUT2D eigenvalue weighted by molar-refractivity contribution is -0.136. The predicted octanol–water partition coefficient (Wildman–Crippen LogP) is 1.20. The topological polar surface area (TPSA) is 78.9 Å². The third kappa shape index (κ3) is 3.15. The fraction of sp³-hybridized carbons (Fsp3) is 0.385. The smallest absolute Gasteiger partial charge is 0.318 e. The molecule has 2 amide bonds. The van der Waals surface area contributed by atoms with Crippen LogP contribution < -0.4 is 10.1 Å². The van der Waals surface area contributed by atoms with Crippen molar-refractivity contribution < 1.29 is 19.4 Å². The Hall–Kier alpha value is -2.24. The third-order valence-corrected chi connectivity index (χ3v) is 3.04. The average Bonchev–Trinajstić information content (AvgIpc) is 2.80. The fourth-order valence-corrected chi connectivity index (χ4v) is 2.03. The van der Waals surface area contributed by atoms with Gasteiger partial charge >= 0.3 is 12.0 Å². The number of nitrogens with zero attached hydrogens (tertiary/aromatic N) is 1. The summed E-state index contributed by atoms with van der Waals surface area (Å²) in [7, 11) is 1.60. The van der Waals surface area contributed by atoms with E-state index in [2.05, 4.69) is 5.32 Å². The molecule has 0 spiro atoms. The van der Waals surface area contributed by atoms with Crippen molar-refractivity contribution in [3.8, 4) is 5.75 Å². The van der Waals surface area contributed by atoms with Crippen molar-refractivity contribution in [3.05, 3.63) is 29.3 Å². The number of ether oxygens (including phenoxy) is 1. The summed E-state index contributed by atoms with van der Waals surface area (Å²) < 4.78 is 5.14. The van der Waals surface area contributed by atoms with Gasteiger partial charge in [0.1, 0.15) is 5.75 Å². The number of carbonyl (C=O) groups is 2. The summed E-state index contributed by atoms with van der Waals surface area (Å²) in [4.78, 5) is 23.9.